The number of aliphatic imine (C=N–C) groups is 1. The van der Waals surface area contributed by atoms with Crippen molar-refractivity contribution in [1.82, 2.24) is 14.6 Å². The van der Waals surface area contributed by atoms with Crippen LogP contribution in [0.2, 0.25) is 5.02 Å². The summed E-state index contributed by atoms with van der Waals surface area (Å²) in [5, 5.41) is 14.5. The van der Waals surface area contributed by atoms with Crippen LogP contribution < -0.4 is 5.32 Å². The number of carboxylic acids is 1. The van der Waals surface area contributed by atoms with Gasteiger partial charge in [0.1, 0.15) is 11.9 Å². The first-order chi connectivity index (χ1) is 19.6. The van der Waals surface area contributed by atoms with Gasteiger partial charge in [-0.2, -0.15) is 0 Å². The molecule has 2 aromatic rings. The molecular weight excluding hydrogens is 595 g/mol. The molecule has 0 amide bonds. The van der Waals surface area contributed by atoms with E-state index in [2.05, 4.69) is 10.3 Å². The van der Waals surface area contributed by atoms with Crippen LogP contribution in [0.3, 0.4) is 0 Å². The van der Waals surface area contributed by atoms with Gasteiger partial charge in [-0.05, 0) is 50.7 Å². The summed E-state index contributed by atoms with van der Waals surface area (Å²) in [6.45, 7) is 0.494. The molecule has 1 atom stereocenters. The van der Waals surface area contributed by atoms with Gasteiger partial charge in [-0.25, -0.2) is 26.9 Å². The summed E-state index contributed by atoms with van der Waals surface area (Å²) < 4.78 is 47.4. The molecule has 0 spiro atoms. The smallest absolute Gasteiger partial charge is 0.338 e. The summed E-state index contributed by atoms with van der Waals surface area (Å²) in [6.07, 6.45) is 3.85. The highest BCUT2D eigenvalue weighted by atomic mass is 35.5. The summed E-state index contributed by atoms with van der Waals surface area (Å²) in [5.41, 5.74) is 1.22. The van der Waals surface area contributed by atoms with Crippen LogP contribution in [-0.4, -0.2) is 66.0 Å². The second-order valence-corrected chi connectivity index (χ2v) is 13.9. The fourth-order valence-corrected chi connectivity index (χ4v) is 8.70. The van der Waals surface area contributed by atoms with Crippen LogP contribution in [0.1, 0.15) is 55.1 Å². The summed E-state index contributed by atoms with van der Waals surface area (Å²) in [6, 6.07) is 3.02. The Hall–Kier alpha value is -2.87. The minimum atomic E-state index is -3.61. The third-order valence-electron chi connectivity index (χ3n) is 8.04. The normalized spacial score (nSPS) is 24.5. The van der Waals surface area contributed by atoms with E-state index in [4.69, 9.17) is 21.3 Å². The number of nitrogens with zero attached hydrogens (tertiary/aromatic N) is 3. The lowest BCUT2D eigenvalue weighted by molar-refractivity contribution is -0.142. The summed E-state index contributed by atoms with van der Waals surface area (Å²) in [7, 11) is -2.34. The van der Waals surface area contributed by atoms with Crippen LogP contribution in [0, 0.1) is 17.7 Å². The van der Waals surface area contributed by atoms with Gasteiger partial charge < -0.3 is 15.2 Å². The number of ether oxygens (including phenoxy) is 1. The van der Waals surface area contributed by atoms with Gasteiger partial charge in [0.15, 0.2) is 10.8 Å². The Morgan fingerprint density at radius 3 is 2.46 bits per heavy atom. The van der Waals surface area contributed by atoms with Gasteiger partial charge in [0.05, 0.1) is 23.9 Å². The van der Waals surface area contributed by atoms with Crippen LogP contribution >= 0.6 is 22.9 Å². The van der Waals surface area contributed by atoms with Gasteiger partial charge in [-0.3, -0.25) is 9.79 Å². The molecule has 1 aliphatic carbocycles. The highest BCUT2D eigenvalue weighted by molar-refractivity contribution is 7.89. The largest absolute Gasteiger partial charge is 0.481 e. The zero-order valence-electron chi connectivity index (χ0n) is 22.3. The number of carbonyl (C=O) groups excluding carboxylic acids is 1. The number of carboxylic acid groups (broad SMARTS) is 1. The Labute approximate surface area is 246 Å². The first-order valence-electron chi connectivity index (χ1n) is 13.3. The molecule has 2 fully saturated rings. The van der Waals surface area contributed by atoms with E-state index in [0.29, 0.717) is 60.6 Å². The number of rotatable bonds is 7. The van der Waals surface area contributed by atoms with Crippen molar-refractivity contribution in [2.45, 2.75) is 49.8 Å². The summed E-state index contributed by atoms with van der Waals surface area (Å²) >= 11 is 7.79. The van der Waals surface area contributed by atoms with E-state index in [1.807, 2.05) is 0 Å². The second-order valence-electron chi connectivity index (χ2n) is 10.4. The van der Waals surface area contributed by atoms with Gasteiger partial charge in [-0.15, -0.1) is 11.3 Å². The van der Waals surface area contributed by atoms with Gasteiger partial charge in [0.25, 0.3) is 0 Å². The van der Waals surface area contributed by atoms with Crippen molar-refractivity contribution >= 4 is 50.7 Å². The van der Waals surface area contributed by atoms with E-state index in [9.17, 15) is 27.5 Å². The van der Waals surface area contributed by atoms with E-state index in [-0.39, 0.29) is 29.6 Å². The molecule has 0 bridgehead atoms. The van der Waals surface area contributed by atoms with Crippen molar-refractivity contribution in [1.29, 1.82) is 0 Å². The zero-order valence-corrected chi connectivity index (χ0v) is 24.6. The predicted molar refractivity (Wildman–Crippen MR) is 152 cm³/mol. The van der Waals surface area contributed by atoms with Crippen LogP contribution in [-0.2, 0) is 24.3 Å². The third-order valence-corrected chi connectivity index (χ3v) is 11.5. The fourth-order valence-electron chi connectivity index (χ4n) is 5.84. The highest BCUT2D eigenvalue weighted by Gasteiger charge is 2.41. The number of halogens is 2. The number of thiazole rings is 1. The van der Waals surface area contributed by atoms with Gasteiger partial charge in [0, 0.05) is 46.9 Å². The number of nitrogens with one attached hydrogen (secondary N) is 1. The molecule has 14 heteroatoms. The topological polar surface area (TPSA) is 138 Å². The molecule has 1 saturated carbocycles. The maximum absolute atomic E-state index is 13.9. The van der Waals surface area contributed by atoms with Gasteiger partial charge in [0.2, 0.25) is 10.0 Å². The first-order valence-corrected chi connectivity index (χ1v) is 16.1. The average Bonchev–Trinajstić information content (AvgIpc) is 3.51. The molecule has 2 N–H and O–H groups in total. The molecule has 1 aromatic carbocycles. The van der Waals surface area contributed by atoms with Crippen LogP contribution in [0.25, 0.3) is 0 Å². The number of aromatic nitrogens is 1. The highest BCUT2D eigenvalue weighted by Crippen LogP contribution is 2.41. The van der Waals surface area contributed by atoms with Crippen LogP contribution in [0.15, 0.2) is 46.0 Å². The Morgan fingerprint density at radius 1 is 1.17 bits per heavy atom. The number of carbonyl (C=O) groups is 2. The molecule has 10 nitrogen and oxygen atoms in total. The average molecular weight is 625 g/mol. The molecule has 220 valence electrons. The van der Waals surface area contributed by atoms with Crippen molar-refractivity contribution in [2.24, 2.45) is 16.8 Å². The SMILES string of the molecule is COC(=O)C1=C(C2CCN(S(=O)(=O)[C@H]3CC[C@@H](C(=O)O)CC3)CC2)NC(c2nccs2)=NC1c1ccc(F)cc1Cl. The quantitative estimate of drug-likeness (QED) is 0.439. The molecule has 1 unspecified atom stereocenters. The van der Waals surface area contributed by atoms with Crippen molar-refractivity contribution in [3.8, 4) is 0 Å². The second kappa shape index (κ2) is 12.2. The number of hydrogen-bond acceptors (Lipinski definition) is 9. The molecule has 0 radical (unpaired) electrons. The molecule has 41 heavy (non-hydrogen) atoms. The molecule has 1 saturated heterocycles. The Morgan fingerprint density at radius 2 is 1.88 bits per heavy atom. The summed E-state index contributed by atoms with van der Waals surface area (Å²) in [4.78, 5) is 33.6. The summed E-state index contributed by atoms with van der Waals surface area (Å²) in [5.74, 6) is -2.32. The van der Waals surface area contributed by atoms with E-state index in [1.165, 1.54) is 41.0 Å². The van der Waals surface area contributed by atoms with E-state index >= 15 is 0 Å². The lowest BCUT2D eigenvalue weighted by Crippen LogP contribution is -2.46. The monoisotopic (exact) mass is 624 g/mol. The lowest BCUT2D eigenvalue weighted by Gasteiger charge is -2.38. The van der Waals surface area contributed by atoms with Crippen LogP contribution in [0.5, 0.6) is 0 Å². The number of piperidine rings is 1. The van der Waals surface area contributed by atoms with Gasteiger partial charge >= 0.3 is 11.9 Å². The number of esters is 1. The molecule has 5 rings (SSSR count). The molecule has 3 heterocycles. The number of methoxy groups -OCH3 is 1. The fraction of sp³-hybridized carbons (Fsp3) is 0.481. The first kappa shape index (κ1) is 29.6. The predicted octanol–water partition coefficient (Wildman–Crippen LogP) is 4.14. The number of benzene rings is 1. The molecule has 1 aromatic heterocycles. The van der Waals surface area contributed by atoms with E-state index < -0.39 is 45.0 Å². The molecular formula is C27H30ClFN4O6S2. The molecule has 2 aliphatic heterocycles. The Balaban J connectivity index is 1.43. The number of allylic oxidation sites excluding steroid dienone is 1. The number of sulfonamides is 1. The standard InChI is InChI=1S/C27H30ClFN4O6S2/c1-39-27(36)21-22(15-8-11-33(12-9-15)41(37,38)18-5-2-16(3-6-18)26(34)35)31-24(25-30-10-13-40-25)32-23(21)19-7-4-17(29)14-20(19)28/h4,7,10,13-16,18,23H,2-3,5-6,8-9,11-12H2,1H3,(H,31,32)(H,34,35)/t16-,18+,23?. The minimum absolute atomic E-state index is 0.110. The van der Waals surface area contributed by atoms with Gasteiger partial charge in [-0.1, -0.05) is 17.7 Å². The minimum Gasteiger partial charge on any atom is -0.481 e. The van der Waals surface area contributed by atoms with E-state index in [0.717, 1.165) is 0 Å². The number of amidine groups is 1. The van der Waals surface area contributed by atoms with Crippen molar-refractivity contribution < 1.29 is 32.2 Å². The number of hydrogen-bond donors (Lipinski definition) is 2. The maximum atomic E-state index is 13.9. The van der Waals surface area contributed by atoms with Crippen LogP contribution in [0.4, 0.5) is 4.39 Å². The Bertz CT molecular complexity index is 1480. The van der Waals surface area contributed by atoms with Crippen molar-refractivity contribution in [3.63, 3.8) is 0 Å². The molecule has 3 aliphatic rings. The van der Waals surface area contributed by atoms with Crippen molar-refractivity contribution in [2.75, 3.05) is 20.2 Å². The van der Waals surface area contributed by atoms with Crippen molar-refractivity contribution in [3.05, 3.63) is 62.5 Å². The lowest BCUT2D eigenvalue weighted by atomic mass is 9.86. The zero-order chi connectivity index (χ0) is 29.3. The Kier molecular flexibility index (Phi) is 8.78. The van der Waals surface area contributed by atoms with E-state index in [1.54, 1.807) is 11.6 Å². The third kappa shape index (κ3) is 6.04. The number of aliphatic carboxylic acids is 1. The maximum Gasteiger partial charge on any atom is 0.338 e.